The fourth-order valence-electron chi connectivity index (χ4n) is 4.52. The molecule has 1 spiro atoms. The van der Waals surface area contributed by atoms with Crippen LogP contribution in [0.2, 0.25) is 0 Å². The predicted molar refractivity (Wildman–Crippen MR) is 99.4 cm³/mol. The van der Waals surface area contributed by atoms with Gasteiger partial charge in [-0.15, -0.1) is 11.3 Å². The molecule has 7 nitrogen and oxygen atoms in total. The zero-order valence-corrected chi connectivity index (χ0v) is 16.0. The maximum Gasteiger partial charge on any atom is 0.273 e. The molecule has 8 heteroatoms. The van der Waals surface area contributed by atoms with Crippen molar-refractivity contribution in [2.24, 2.45) is 5.41 Å². The quantitative estimate of drug-likeness (QED) is 0.868. The van der Waals surface area contributed by atoms with Crippen molar-refractivity contribution in [3.05, 3.63) is 11.1 Å². The van der Waals surface area contributed by atoms with Crippen LogP contribution in [0.5, 0.6) is 0 Å². The molecule has 1 unspecified atom stereocenters. The number of piperidine rings is 1. The van der Waals surface area contributed by atoms with Crippen LogP contribution in [-0.4, -0.2) is 72.5 Å². The van der Waals surface area contributed by atoms with Crippen molar-refractivity contribution < 1.29 is 14.3 Å². The van der Waals surface area contributed by atoms with Crippen LogP contribution in [0.1, 0.15) is 42.6 Å². The van der Waals surface area contributed by atoms with Gasteiger partial charge in [0.1, 0.15) is 5.69 Å². The lowest BCUT2D eigenvalue weighted by Crippen LogP contribution is -2.55. The number of rotatable bonds is 3. The fourth-order valence-corrected chi connectivity index (χ4v) is 5.16. The lowest BCUT2D eigenvalue weighted by molar-refractivity contribution is -0.150. The zero-order chi connectivity index (χ0) is 18.1. The summed E-state index contributed by atoms with van der Waals surface area (Å²) in [6, 6.07) is 0.301. The molecule has 4 rings (SSSR count). The van der Waals surface area contributed by atoms with Gasteiger partial charge >= 0.3 is 0 Å². The number of aromatic nitrogens is 1. The summed E-state index contributed by atoms with van der Waals surface area (Å²) < 4.78 is 5.45. The van der Waals surface area contributed by atoms with E-state index in [2.05, 4.69) is 15.2 Å². The number of ether oxygens (including phenoxy) is 1. The van der Waals surface area contributed by atoms with Gasteiger partial charge in [0, 0.05) is 51.3 Å². The zero-order valence-electron chi connectivity index (χ0n) is 15.2. The molecule has 3 fully saturated rings. The standard InChI is InChI=1S/C18H26N4O3S/c1-19-17-20-14(11-26-17)15(23)21-8-6-18(12-21)5-2-7-22(16(18)24)13-3-9-25-10-4-13/h11,13H,2-10,12H2,1H3,(H,19,20). The van der Waals surface area contributed by atoms with Crippen molar-refractivity contribution in [2.45, 2.75) is 38.1 Å². The Hall–Kier alpha value is -1.67. The van der Waals surface area contributed by atoms with Crippen molar-refractivity contribution in [2.75, 3.05) is 45.2 Å². The highest BCUT2D eigenvalue weighted by Gasteiger charge is 2.50. The van der Waals surface area contributed by atoms with Crippen molar-refractivity contribution in [1.82, 2.24) is 14.8 Å². The summed E-state index contributed by atoms with van der Waals surface area (Å²) >= 11 is 1.43. The Labute approximate surface area is 157 Å². The number of likely N-dealkylation sites (tertiary alicyclic amines) is 2. The summed E-state index contributed by atoms with van der Waals surface area (Å²) in [5, 5.41) is 5.49. The van der Waals surface area contributed by atoms with E-state index in [1.54, 1.807) is 12.4 Å². The van der Waals surface area contributed by atoms with Gasteiger partial charge in [0.05, 0.1) is 5.41 Å². The minimum atomic E-state index is -0.395. The minimum Gasteiger partial charge on any atom is -0.381 e. The normalized spacial score (nSPS) is 27.3. The number of hydrogen-bond donors (Lipinski definition) is 1. The fraction of sp³-hybridized carbons (Fsp3) is 0.722. The Morgan fingerprint density at radius 1 is 1.35 bits per heavy atom. The van der Waals surface area contributed by atoms with Gasteiger partial charge in [-0.05, 0) is 32.1 Å². The molecule has 0 radical (unpaired) electrons. The Morgan fingerprint density at radius 3 is 2.88 bits per heavy atom. The van der Waals surface area contributed by atoms with Gasteiger partial charge in [-0.1, -0.05) is 0 Å². The molecule has 1 N–H and O–H groups in total. The van der Waals surface area contributed by atoms with Gasteiger partial charge < -0.3 is 19.9 Å². The number of carbonyl (C=O) groups excluding carboxylic acids is 2. The second-order valence-electron chi connectivity index (χ2n) is 7.49. The molecule has 26 heavy (non-hydrogen) atoms. The molecular weight excluding hydrogens is 352 g/mol. The lowest BCUT2D eigenvalue weighted by atomic mass is 9.77. The van der Waals surface area contributed by atoms with Gasteiger partial charge in [-0.2, -0.15) is 0 Å². The molecule has 2 amide bonds. The van der Waals surface area contributed by atoms with E-state index in [4.69, 9.17) is 4.74 Å². The Morgan fingerprint density at radius 2 is 2.15 bits per heavy atom. The number of thiazole rings is 1. The number of amides is 2. The maximum absolute atomic E-state index is 13.3. The smallest absolute Gasteiger partial charge is 0.273 e. The summed E-state index contributed by atoms with van der Waals surface area (Å²) in [4.78, 5) is 34.3. The second kappa shape index (κ2) is 7.15. The summed E-state index contributed by atoms with van der Waals surface area (Å²) in [5.74, 6) is 0.191. The van der Waals surface area contributed by atoms with Crippen LogP contribution >= 0.6 is 11.3 Å². The van der Waals surface area contributed by atoms with E-state index in [0.29, 0.717) is 24.8 Å². The molecule has 4 heterocycles. The third kappa shape index (κ3) is 3.09. The molecule has 3 saturated heterocycles. The van der Waals surface area contributed by atoms with Crippen molar-refractivity contribution in [3.8, 4) is 0 Å². The van der Waals surface area contributed by atoms with Crippen LogP contribution in [0.4, 0.5) is 5.13 Å². The third-order valence-electron chi connectivity index (χ3n) is 5.98. The molecule has 1 aromatic rings. The van der Waals surface area contributed by atoms with Gasteiger partial charge in [-0.3, -0.25) is 9.59 Å². The SMILES string of the molecule is CNc1nc(C(=O)N2CCC3(CCCN(C4CCOCC4)C3=O)C2)cs1. The van der Waals surface area contributed by atoms with Crippen molar-refractivity contribution >= 4 is 28.3 Å². The second-order valence-corrected chi connectivity index (χ2v) is 8.35. The predicted octanol–water partition coefficient (Wildman–Crippen LogP) is 1.82. The molecule has 0 aliphatic carbocycles. The average Bonchev–Trinajstić information content (AvgIpc) is 3.32. The van der Waals surface area contributed by atoms with Crippen LogP contribution in [0, 0.1) is 5.41 Å². The van der Waals surface area contributed by atoms with Gasteiger partial charge in [-0.25, -0.2) is 4.98 Å². The highest BCUT2D eigenvalue weighted by molar-refractivity contribution is 7.13. The summed E-state index contributed by atoms with van der Waals surface area (Å²) in [7, 11) is 1.80. The van der Waals surface area contributed by atoms with Gasteiger partial charge in [0.25, 0.3) is 5.91 Å². The largest absolute Gasteiger partial charge is 0.381 e. The molecule has 142 valence electrons. The van der Waals surface area contributed by atoms with Crippen LogP contribution in [0.15, 0.2) is 5.38 Å². The lowest BCUT2D eigenvalue weighted by Gasteiger charge is -2.44. The first-order valence-corrected chi connectivity index (χ1v) is 10.3. The first-order chi connectivity index (χ1) is 12.6. The van der Waals surface area contributed by atoms with E-state index in [1.165, 1.54) is 11.3 Å². The van der Waals surface area contributed by atoms with Crippen LogP contribution in [0.25, 0.3) is 0 Å². The highest BCUT2D eigenvalue weighted by Crippen LogP contribution is 2.41. The van der Waals surface area contributed by atoms with Crippen molar-refractivity contribution in [3.63, 3.8) is 0 Å². The molecule has 3 aliphatic heterocycles. The number of hydrogen-bond acceptors (Lipinski definition) is 6. The molecule has 0 aromatic carbocycles. The van der Waals surface area contributed by atoms with E-state index in [-0.39, 0.29) is 11.8 Å². The van der Waals surface area contributed by atoms with E-state index in [0.717, 1.165) is 57.0 Å². The molecular formula is C18H26N4O3S. The summed E-state index contributed by atoms with van der Waals surface area (Å²) in [5.41, 5.74) is 0.0783. The molecule has 1 aromatic heterocycles. The van der Waals surface area contributed by atoms with Gasteiger partial charge in [0.15, 0.2) is 5.13 Å². The minimum absolute atomic E-state index is 0.0596. The first kappa shape index (κ1) is 17.7. The Bertz CT molecular complexity index is 688. The number of carbonyl (C=O) groups is 2. The number of anilines is 1. The third-order valence-corrected chi connectivity index (χ3v) is 6.84. The molecule has 0 bridgehead atoms. The molecule has 0 saturated carbocycles. The number of nitrogens with zero attached hydrogens (tertiary/aromatic N) is 3. The Kier molecular flexibility index (Phi) is 4.88. The molecule has 1 atom stereocenters. The van der Waals surface area contributed by atoms with Crippen LogP contribution in [-0.2, 0) is 9.53 Å². The summed E-state index contributed by atoms with van der Waals surface area (Å²) in [6.07, 6.45) is 4.52. The highest BCUT2D eigenvalue weighted by atomic mass is 32.1. The van der Waals surface area contributed by atoms with Crippen LogP contribution < -0.4 is 5.32 Å². The van der Waals surface area contributed by atoms with Crippen molar-refractivity contribution in [1.29, 1.82) is 0 Å². The van der Waals surface area contributed by atoms with E-state index in [1.807, 2.05) is 4.90 Å². The van der Waals surface area contributed by atoms with E-state index in [9.17, 15) is 9.59 Å². The van der Waals surface area contributed by atoms with E-state index >= 15 is 0 Å². The van der Waals surface area contributed by atoms with Crippen LogP contribution in [0.3, 0.4) is 0 Å². The maximum atomic E-state index is 13.3. The molecule has 3 aliphatic rings. The average molecular weight is 378 g/mol. The first-order valence-electron chi connectivity index (χ1n) is 9.44. The van der Waals surface area contributed by atoms with E-state index < -0.39 is 5.41 Å². The topological polar surface area (TPSA) is 74.8 Å². The summed E-state index contributed by atoms with van der Waals surface area (Å²) in [6.45, 7) is 3.49. The van der Waals surface area contributed by atoms with Gasteiger partial charge in [0.2, 0.25) is 5.91 Å². The monoisotopic (exact) mass is 378 g/mol. The number of nitrogens with one attached hydrogen (secondary N) is 1. The Balaban J connectivity index is 1.47.